The summed E-state index contributed by atoms with van der Waals surface area (Å²) in [5, 5.41) is 1.92. The maximum Gasteiger partial charge on any atom is 0.337 e. The van der Waals surface area contributed by atoms with Crippen LogP contribution in [-0.2, 0) is 21.3 Å². The van der Waals surface area contributed by atoms with Crippen molar-refractivity contribution in [3.63, 3.8) is 0 Å². The topological polar surface area (TPSA) is 89.7 Å². The van der Waals surface area contributed by atoms with Crippen molar-refractivity contribution in [1.29, 1.82) is 0 Å². The van der Waals surface area contributed by atoms with Crippen LogP contribution < -0.4 is 4.31 Å². The first-order valence-electron chi connectivity index (χ1n) is 7.96. The van der Waals surface area contributed by atoms with E-state index in [2.05, 4.69) is 9.72 Å². The third-order valence-corrected chi connectivity index (χ3v) is 5.89. The van der Waals surface area contributed by atoms with E-state index in [1.54, 1.807) is 19.1 Å². The van der Waals surface area contributed by atoms with E-state index in [-0.39, 0.29) is 6.54 Å². The molecule has 0 aliphatic rings. The van der Waals surface area contributed by atoms with Gasteiger partial charge in [0, 0.05) is 0 Å². The van der Waals surface area contributed by atoms with E-state index in [4.69, 9.17) is 4.42 Å². The number of aromatic nitrogens is 1. The van der Waals surface area contributed by atoms with Crippen LogP contribution in [0.4, 0.5) is 5.69 Å². The zero-order valence-electron chi connectivity index (χ0n) is 15.0. The Hall–Kier alpha value is -2.65. The minimum atomic E-state index is -3.58. The molecule has 9 heteroatoms. The van der Waals surface area contributed by atoms with Gasteiger partial charge in [0.2, 0.25) is 15.9 Å². The number of nitrogens with zero attached hydrogens (tertiary/aromatic N) is 2. The van der Waals surface area contributed by atoms with Crippen LogP contribution in [0, 0.1) is 6.92 Å². The summed E-state index contributed by atoms with van der Waals surface area (Å²) < 4.78 is 36.2. The Morgan fingerprint density at radius 2 is 1.96 bits per heavy atom. The van der Waals surface area contributed by atoms with Crippen molar-refractivity contribution in [2.24, 2.45) is 0 Å². The number of rotatable bonds is 6. The Morgan fingerprint density at radius 3 is 2.52 bits per heavy atom. The number of carbonyl (C=O) groups excluding carboxylic acids is 1. The molecule has 7 nitrogen and oxygen atoms in total. The lowest BCUT2D eigenvalue weighted by molar-refractivity contribution is 0.0600. The van der Waals surface area contributed by atoms with Crippen LogP contribution in [0.15, 0.2) is 46.2 Å². The molecule has 0 spiro atoms. The summed E-state index contributed by atoms with van der Waals surface area (Å²) >= 11 is 1.49. The molecule has 0 amide bonds. The minimum Gasteiger partial charge on any atom is -0.465 e. The molecule has 3 rings (SSSR count). The Balaban J connectivity index is 1.92. The average Bonchev–Trinajstić information content (AvgIpc) is 3.28. The third-order valence-electron chi connectivity index (χ3n) is 3.89. The van der Waals surface area contributed by atoms with Crippen LogP contribution in [-0.4, -0.2) is 32.7 Å². The maximum atomic E-state index is 12.3. The van der Waals surface area contributed by atoms with Gasteiger partial charge in [0.05, 0.1) is 36.0 Å². The number of anilines is 1. The van der Waals surface area contributed by atoms with Crippen molar-refractivity contribution in [2.75, 3.05) is 17.7 Å². The SMILES string of the molecule is COC(=O)c1ccc(N(Cc2nc(-c3cccs3)oc2C)S(C)(=O)=O)cc1. The first-order valence-corrected chi connectivity index (χ1v) is 10.7. The maximum absolute atomic E-state index is 12.3. The van der Waals surface area contributed by atoms with Gasteiger partial charge < -0.3 is 9.15 Å². The number of hydrogen-bond acceptors (Lipinski definition) is 7. The second kappa shape index (κ2) is 7.53. The first kappa shape index (κ1) is 19.1. The van der Waals surface area contributed by atoms with Crippen molar-refractivity contribution in [1.82, 2.24) is 4.98 Å². The summed E-state index contributed by atoms with van der Waals surface area (Å²) in [5.74, 6) is 0.533. The Bertz CT molecular complexity index is 1040. The first-order chi connectivity index (χ1) is 12.8. The molecule has 1 aromatic carbocycles. The lowest BCUT2D eigenvalue weighted by Gasteiger charge is -2.21. The molecule has 0 fully saturated rings. The van der Waals surface area contributed by atoms with E-state index < -0.39 is 16.0 Å². The highest BCUT2D eigenvalue weighted by molar-refractivity contribution is 7.92. The second-order valence-electron chi connectivity index (χ2n) is 5.81. The second-order valence-corrected chi connectivity index (χ2v) is 8.66. The number of hydrogen-bond donors (Lipinski definition) is 0. The molecular weight excluding hydrogens is 388 g/mol. The van der Waals surface area contributed by atoms with Gasteiger partial charge in [-0.25, -0.2) is 18.2 Å². The molecule has 0 aliphatic carbocycles. The fraction of sp³-hybridized carbons (Fsp3) is 0.222. The van der Waals surface area contributed by atoms with Gasteiger partial charge in [-0.05, 0) is 42.6 Å². The molecule has 3 aromatic rings. The molecule has 0 aliphatic heterocycles. The summed E-state index contributed by atoms with van der Waals surface area (Å²) in [6.07, 6.45) is 1.12. The van der Waals surface area contributed by atoms with Crippen LogP contribution in [0.3, 0.4) is 0 Å². The van der Waals surface area contributed by atoms with Crippen LogP contribution in [0.1, 0.15) is 21.8 Å². The molecule has 0 radical (unpaired) electrons. The zero-order chi connectivity index (χ0) is 19.6. The van der Waals surface area contributed by atoms with Crippen LogP contribution in [0.25, 0.3) is 10.8 Å². The number of benzene rings is 1. The third kappa shape index (κ3) is 4.20. The molecule has 0 atom stereocenters. The number of carbonyl (C=O) groups is 1. The lowest BCUT2D eigenvalue weighted by atomic mass is 10.2. The molecule has 0 saturated heterocycles. The normalized spacial score (nSPS) is 11.4. The largest absolute Gasteiger partial charge is 0.465 e. The Labute approximate surface area is 161 Å². The number of oxazole rings is 1. The van der Waals surface area contributed by atoms with Gasteiger partial charge in [0.25, 0.3) is 0 Å². The monoisotopic (exact) mass is 406 g/mol. The molecule has 0 bridgehead atoms. The van der Waals surface area contributed by atoms with Crippen molar-refractivity contribution >= 4 is 33.0 Å². The molecular formula is C18H18N2O5S2. The average molecular weight is 406 g/mol. The Kier molecular flexibility index (Phi) is 5.33. The van der Waals surface area contributed by atoms with Gasteiger partial charge in [-0.3, -0.25) is 4.31 Å². The van der Waals surface area contributed by atoms with Crippen molar-refractivity contribution in [3.05, 3.63) is 58.8 Å². The fourth-order valence-electron chi connectivity index (χ4n) is 2.50. The van der Waals surface area contributed by atoms with E-state index in [9.17, 15) is 13.2 Å². The highest BCUT2D eigenvalue weighted by atomic mass is 32.2. The summed E-state index contributed by atoms with van der Waals surface area (Å²) in [5.41, 5.74) is 1.29. The van der Waals surface area contributed by atoms with Crippen molar-refractivity contribution < 1.29 is 22.4 Å². The zero-order valence-corrected chi connectivity index (χ0v) is 16.6. The minimum absolute atomic E-state index is 0.0249. The highest BCUT2D eigenvalue weighted by Crippen LogP contribution is 2.28. The Morgan fingerprint density at radius 1 is 1.26 bits per heavy atom. The fourth-order valence-corrected chi connectivity index (χ4v) is 4.01. The smallest absolute Gasteiger partial charge is 0.337 e. The number of methoxy groups -OCH3 is 1. The molecule has 2 heterocycles. The summed E-state index contributed by atoms with van der Waals surface area (Å²) in [4.78, 5) is 16.9. The number of thiophene rings is 1. The van der Waals surface area contributed by atoms with Crippen LogP contribution in [0.2, 0.25) is 0 Å². The van der Waals surface area contributed by atoms with E-state index in [0.717, 1.165) is 11.1 Å². The van der Waals surface area contributed by atoms with Crippen molar-refractivity contribution in [2.45, 2.75) is 13.5 Å². The molecule has 2 aromatic heterocycles. The van der Waals surface area contributed by atoms with E-state index in [1.807, 2.05) is 17.5 Å². The standard InChI is InChI=1S/C18H18N2O5S2/c1-12-15(19-17(25-12)16-5-4-10-26-16)11-20(27(3,22)23)14-8-6-13(7-9-14)18(21)24-2/h4-10H,11H2,1-3H3. The molecule has 0 saturated carbocycles. The van der Waals surface area contributed by atoms with Gasteiger partial charge in [-0.15, -0.1) is 11.3 Å². The predicted molar refractivity (Wildman–Crippen MR) is 103 cm³/mol. The number of ether oxygens (including phenoxy) is 1. The number of aryl methyl sites for hydroxylation is 1. The summed E-state index contributed by atoms with van der Waals surface area (Å²) in [6.45, 7) is 1.78. The quantitative estimate of drug-likeness (QED) is 0.582. The van der Waals surface area contributed by atoms with Gasteiger partial charge in [-0.1, -0.05) is 6.07 Å². The van der Waals surface area contributed by atoms with Gasteiger partial charge in [0.1, 0.15) is 11.5 Å². The molecule has 27 heavy (non-hydrogen) atoms. The summed E-state index contributed by atoms with van der Waals surface area (Å²) in [6, 6.07) is 9.94. The number of sulfonamides is 1. The van der Waals surface area contributed by atoms with Gasteiger partial charge in [0.15, 0.2) is 0 Å². The van der Waals surface area contributed by atoms with Crippen LogP contribution in [0.5, 0.6) is 0 Å². The van der Waals surface area contributed by atoms with Gasteiger partial charge in [-0.2, -0.15) is 0 Å². The summed E-state index contributed by atoms with van der Waals surface area (Å²) in [7, 11) is -2.29. The molecule has 0 unspecified atom stereocenters. The predicted octanol–water partition coefficient (Wildman–Crippen LogP) is 3.46. The van der Waals surface area contributed by atoms with Crippen LogP contribution >= 0.6 is 11.3 Å². The van der Waals surface area contributed by atoms with Crippen molar-refractivity contribution in [3.8, 4) is 10.8 Å². The van der Waals surface area contributed by atoms with E-state index >= 15 is 0 Å². The highest BCUT2D eigenvalue weighted by Gasteiger charge is 2.22. The van der Waals surface area contributed by atoms with E-state index in [1.165, 1.54) is 34.9 Å². The van der Waals surface area contributed by atoms with E-state index in [0.29, 0.717) is 28.6 Å². The molecule has 142 valence electrons. The molecule has 0 N–H and O–H groups in total. The number of esters is 1. The van der Waals surface area contributed by atoms with Gasteiger partial charge >= 0.3 is 5.97 Å². The lowest BCUT2D eigenvalue weighted by Crippen LogP contribution is -2.29.